The van der Waals surface area contributed by atoms with Gasteiger partial charge in [-0.1, -0.05) is 11.8 Å². The fraction of sp³-hybridized carbons (Fsp3) is 0.333. The monoisotopic (exact) mass is 374 g/mol. The zero-order chi connectivity index (χ0) is 18.4. The topological polar surface area (TPSA) is 29.5 Å². The van der Waals surface area contributed by atoms with Gasteiger partial charge in [0.15, 0.2) is 0 Å². The molecule has 2 aromatic carbocycles. The lowest BCUT2D eigenvalue weighted by atomic mass is 10.0. The fourth-order valence-electron chi connectivity index (χ4n) is 2.39. The number of aliphatic hydroxyl groups is 1. The van der Waals surface area contributed by atoms with E-state index < -0.39 is 5.60 Å². The van der Waals surface area contributed by atoms with Crippen LogP contribution >= 0.6 is 23.5 Å². The molecule has 2 aromatic rings. The van der Waals surface area contributed by atoms with Crippen LogP contribution in [-0.4, -0.2) is 23.6 Å². The fourth-order valence-corrected chi connectivity index (χ4v) is 3.48. The van der Waals surface area contributed by atoms with Crippen LogP contribution in [0.2, 0.25) is 0 Å². The molecule has 0 amide bonds. The first kappa shape index (κ1) is 20.0. The van der Waals surface area contributed by atoms with Crippen LogP contribution in [0.3, 0.4) is 0 Å². The molecule has 1 N–H and O–H groups in total. The number of hydrogen-bond acceptors (Lipinski definition) is 4. The Morgan fingerprint density at radius 1 is 1.04 bits per heavy atom. The Hall–Kier alpha value is -1.36. The Morgan fingerprint density at radius 2 is 1.60 bits per heavy atom. The number of aliphatic hydroxyl groups excluding tert-OH is 1. The summed E-state index contributed by atoms with van der Waals surface area (Å²) in [4.78, 5) is 2.51. The highest BCUT2D eigenvalue weighted by atomic mass is 32.2. The predicted molar refractivity (Wildman–Crippen MR) is 111 cm³/mol. The SMILES string of the molecule is CSc1ccc(S/C=C/c2cc(C)c(OC(C)(C)CO)c(C)c2)cc1. The second-order valence-electron chi connectivity index (χ2n) is 6.60. The van der Waals surface area contributed by atoms with E-state index in [1.54, 1.807) is 23.5 Å². The minimum absolute atomic E-state index is 0.0144. The molecule has 0 saturated carbocycles. The quantitative estimate of drug-likeness (QED) is 0.608. The molecule has 0 aliphatic rings. The van der Waals surface area contributed by atoms with E-state index in [9.17, 15) is 5.11 Å². The predicted octanol–water partition coefficient (Wildman–Crippen LogP) is 5.94. The second-order valence-corrected chi connectivity index (χ2v) is 8.46. The first-order chi connectivity index (χ1) is 11.8. The van der Waals surface area contributed by atoms with Crippen LogP contribution in [0.15, 0.2) is 51.6 Å². The highest BCUT2D eigenvalue weighted by Crippen LogP contribution is 2.30. The summed E-state index contributed by atoms with van der Waals surface area (Å²) in [5, 5.41) is 11.5. The second kappa shape index (κ2) is 8.84. The van der Waals surface area contributed by atoms with Crippen molar-refractivity contribution >= 4 is 29.6 Å². The minimum Gasteiger partial charge on any atom is -0.485 e. The van der Waals surface area contributed by atoms with Crippen LogP contribution in [0.25, 0.3) is 6.08 Å². The van der Waals surface area contributed by atoms with Crippen molar-refractivity contribution in [2.75, 3.05) is 12.9 Å². The van der Waals surface area contributed by atoms with Crippen LogP contribution in [0.1, 0.15) is 30.5 Å². The van der Waals surface area contributed by atoms with E-state index in [-0.39, 0.29) is 6.61 Å². The van der Waals surface area contributed by atoms with Gasteiger partial charge in [-0.05, 0) is 98.5 Å². The first-order valence-corrected chi connectivity index (χ1v) is 10.3. The molecule has 0 spiro atoms. The lowest BCUT2D eigenvalue weighted by molar-refractivity contribution is 0.0401. The number of ether oxygens (including phenoxy) is 1. The van der Waals surface area contributed by atoms with Crippen molar-refractivity contribution in [3.63, 3.8) is 0 Å². The summed E-state index contributed by atoms with van der Waals surface area (Å²) < 4.78 is 5.98. The Labute approximate surface area is 159 Å². The molecule has 0 fully saturated rings. The molecule has 0 unspecified atom stereocenters. The van der Waals surface area contributed by atoms with E-state index in [2.05, 4.69) is 54.1 Å². The summed E-state index contributed by atoms with van der Waals surface area (Å²) >= 11 is 3.46. The van der Waals surface area contributed by atoms with Gasteiger partial charge in [-0.2, -0.15) is 0 Å². The molecular weight excluding hydrogens is 348 g/mol. The van der Waals surface area contributed by atoms with Crippen LogP contribution < -0.4 is 4.74 Å². The van der Waals surface area contributed by atoms with Gasteiger partial charge in [-0.3, -0.25) is 0 Å². The van der Waals surface area contributed by atoms with Gasteiger partial charge in [-0.25, -0.2) is 0 Å². The maximum Gasteiger partial charge on any atom is 0.126 e. The van der Waals surface area contributed by atoms with Crippen molar-refractivity contribution in [2.45, 2.75) is 43.1 Å². The molecule has 2 nitrogen and oxygen atoms in total. The van der Waals surface area contributed by atoms with Gasteiger partial charge in [-0.15, -0.1) is 11.8 Å². The van der Waals surface area contributed by atoms with Crippen molar-refractivity contribution in [3.8, 4) is 5.75 Å². The van der Waals surface area contributed by atoms with E-state index >= 15 is 0 Å². The Bertz CT molecular complexity index is 711. The van der Waals surface area contributed by atoms with Crippen LogP contribution in [0.5, 0.6) is 5.75 Å². The van der Waals surface area contributed by atoms with Crippen molar-refractivity contribution in [1.29, 1.82) is 0 Å². The number of rotatable bonds is 7. The smallest absolute Gasteiger partial charge is 0.126 e. The molecule has 25 heavy (non-hydrogen) atoms. The summed E-state index contributed by atoms with van der Waals surface area (Å²) in [5.74, 6) is 0.858. The molecule has 0 radical (unpaired) electrons. The van der Waals surface area contributed by atoms with Gasteiger partial charge in [0.05, 0.1) is 6.61 Å². The first-order valence-electron chi connectivity index (χ1n) is 8.23. The highest BCUT2D eigenvalue weighted by molar-refractivity contribution is 8.02. The van der Waals surface area contributed by atoms with E-state index in [4.69, 9.17) is 4.74 Å². The lowest BCUT2D eigenvalue weighted by Crippen LogP contribution is -2.33. The van der Waals surface area contributed by atoms with Gasteiger partial charge in [0.2, 0.25) is 0 Å². The van der Waals surface area contributed by atoms with E-state index in [1.807, 2.05) is 27.7 Å². The highest BCUT2D eigenvalue weighted by Gasteiger charge is 2.20. The minimum atomic E-state index is -0.578. The molecule has 0 aliphatic heterocycles. The largest absolute Gasteiger partial charge is 0.485 e. The molecule has 134 valence electrons. The van der Waals surface area contributed by atoms with Gasteiger partial charge in [0.25, 0.3) is 0 Å². The summed E-state index contributed by atoms with van der Waals surface area (Å²) in [6.45, 7) is 7.85. The Morgan fingerprint density at radius 3 is 2.12 bits per heavy atom. The zero-order valence-corrected chi connectivity index (χ0v) is 17.1. The van der Waals surface area contributed by atoms with Crippen LogP contribution in [-0.2, 0) is 0 Å². The molecule has 0 atom stereocenters. The molecule has 0 aromatic heterocycles. The standard InChI is InChI=1S/C21H26O2S2/c1-15-12-17(13-16(2)20(15)23-21(3,4)14-22)10-11-25-19-8-6-18(24-5)7-9-19/h6-13,22H,14H2,1-5H3/b11-10+. The van der Waals surface area contributed by atoms with E-state index in [1.165, 1.54) is 9.79 Å². The number of aryl methyl sites for hydroxylation is 2. The summed E-state index contributed by atoms with van der Waals surface area (Å²) in [5.41, 5.74) is 2.73. The Balaban J connectivity index is 2.09. The molecular formula is C21H26O2S2. The van der Waals surface area contributed by atoms with Crippen molar-refractivity contribution in [2.24, 2.45) is 0 Å². The normalized spacial score (nSPS) is 11.9. The molecule has 4 heteroatoms. The number of thioether (sulfide) groups is 2. The average molecular weight is 375 g/mol. The van der Waals surface area contributed by atoms with Gasteiger partial charge in [0, 0.05) is 9.79 Å². The number of benzene rings is 2. The average Bonchev–Trinajstić information content (AvgIpc) is 2.59. The Kier molecular flexibility index (Phi) is 7.05. The maximum absolute atomic E-state index is 9.41. The van der Waals surface area contributed by atoms with Gasteiger partial charge < -0.3 is 9.84 Å². The van der Waals surface area contributed by atoms with Crippen molar-refractivity contribution in [1.82, 2.24) is 0 Å². The van der Waals surface area contributed by atoms with Crippen LogP contribution in [0.4, 0.5) is 0 Å². The maximum atomic E-state index is 9.41. The molecule has 0 heterocycles. The molecule has 0 saturated heterocycles. The van der Waals surface area contributed by atoms with Crippen molar-refractivity contribution in [3.05, 3.63) is 58.5 Å². The molecule has 2 rings (SSSR count). The van der Waals surface area contributed by atoms with Gasteiger partial charge >= 0.3 is 0 Å². The van der Waals surface area contributed by atoms with Gasteiger partial charge in [0.1, 0.15) is 11.4 Å². The van der Waals surface area contributed by atoms with Crippen LogP contribution in [0, 0.1) is 13.8 Å². The zero-order valence-electron chi connectivity index (χ0n) is 15.5. The summed E-state index contributed by atoms with van der Waals surface area (Å²) in [6, 6.07) is 12.8. The third-order valence-corrected chi connectivity index (χ3v) is 5.33. The third kappa shape index (κ3) is 5.84. The molecule has 0 aliphatic carbocycles. The lowest BCUT2D eigenvalue weighted by Gasteiger charge is -2.26. The summed E-state index contributed by atoms with van der Waals surface area (Å²) in [6.07, 6.45) is 4.20. The van der Waals surface area contributed by atoms with Crippen molar-refractivity contribution < 1.29 is 9.84 Å². The summed E-state index contributed by atoms with van der Waals surface area (Å²) in [7, 11) is 0. The molecule has 0 bridgehead atoms. The number of hydrogen-bond donors (Lipinski definition) is 1. The van der Waals surface area contributed by atoms with E-state index in [0.717, 1.165) is 22.4 Å². The van der Waals surface area contributed by atoms with E-state index in [0.29, 0.717) is 0 Å². The third-order valence-electron chi connectivity index (χ3n) is 3.77.